The topological polar surface area (TPSA) is 67.6 Å². The number of amides is 1. The van der Waals surface area contributed by atoms with Crippen LogP contribution in [0, 0.1) is 0 Å². The minimum Gasteiger partial charge on any atom is -0.383 e. The number of nitrogens with one attached hydrogen (secondary N) is 1. The minimum atomic E-state index is -0.311. The lowest BCUT2D eigenvalue weighted by molar-refractivity contribution is -0.129. The fraction of sp³-hybridized carbons (Fsp3) is 0.583. The Morgan fingerprint density at radius 1 is 1.72 bits per heavy atom. The average Bonchev–Trinajstić information content (AvgIpc) is 3.10. The molecule has 1 saturated carbocycles. The molecule has 100 valence electrons. The molecule has 18 heavy (non-hydrogen) atoms. The first-order chi connectivity index (χ1) is 8.76. The number of hydrogen-bond acceptors (Lipinski definition) is 5. The van der Waals surface area contributed by atoms with Gasteiger partial charge in [-0.2, -0.15) is 0 Å². The first-order valence-corrected chi connectivity index (χ1v) is 6.91. The van der Waals surface area contributed by atoms with Gasteiger partial charge in [-0.3, -0.25) is 15.1 Å². The van der Waals surface area contributed by atoms with Gasteiger partial charge in [-0.1, -0.05) is 6.07 Å². The zero-order valence-electron chi connectivity index (χ0n) is 10.5. The van der Waals surface area contributed by atoms with Gasteiger partial charge in [0.15, 0.2) is 0 Å². The Morgan fingerprint density at radius 3 is 3.00 bits per heavy atom. The van der Waals surface area contributed by atoms with Gasteiger partial charge in [-0.15, -0.1) is 11.3 Å². The average molecular weight is 269 g/mol. The van der Waals surface area contributed by atoms with E-state index in [2.05, 4.69) is 21.8 Å². The van der Waals surface area contributed by atoms with Gasteiger partial charge in [0.05, 0.1) is 6.61 Å². The highest BCUT2D eigenvalue weighted by Gasteiger charge is 2.37. The van der Waals surface area contributed by atoms with E-state index in [9.17, 15) is 4.79 Å². The van der Waals surface area contributed by atoms with Gasteiger partial charge >= 0.3 is 0 Å². The van der Waals surface area contributed by atoms with Gasteiger partial charge in [0, 0.05) is 24.6 Å². The highest BCUT2D eigenvalue weighted by atomic mass is 32.1. The molecule has 1 heterocycles. The van der Waals surface area contributed by atoms with E-state index in [1.165, 1.54) is 4.88 Å². The fourth-order valence-corrected chi connectivity index (χ4v) is 2.77. The Labute approximate surface area is 111 Å². The summed E-state index contributed by atoms with van der Waals surface area (Å²) in [5.74, 6) is 5.08. The number of methoxy groups -OCH3 is 1. The minimum absolute atomic E-state index is 0.180. The molecular formula is C12H19N3O2S. The molecule has 0 spiro atoms. The van der Waals surface area contributed by atoms with Crippen molar-refractivity contribution >= 4 is 17.2 Å². The van der Waals surface area contributed by atoms with Crippen molar-refractivity contribution in [3.05, 3.63) is 22.4 Å². The van der Waals surface area contributed by atoms with Crippen molar-refractivity contribution in [2.75, 3.05) is 13.7 Å². The lowest BCUT2D eigenvalue weighted by Gasteiger charge is -2.29. The molecule has 0 aliphatic heterocycles. The van der Waals surface area contributed by atoms with E-state index in [0.717, 1.165) is 19.4 Å². The van der Waals surface area contributed by atoms with Gasteiger partial charge in [0.25, 0.3) is 5.91 Å². The maximum Gasteiger partial charge on any atom is 0.253 e. The number of hydrazine groups is 1. The van der Waals surface area contributed by atoms with Gasteiger partial charge in [-0.05, 0) is 24.3 Å². The molecule has 1 fully saturated rings. The van der Waals surface area contributed by atoms with Crippen molar-refractivity contribution in [2.24, 2.45) is 5.84 Å². The fourth-order valence-electron chi connectivity index (χ4n) is 2.06. The molecule has 5 nitrogen and oxygen atoms in total. The number of hydrogen-bond donors (Lipinski definition) is 2. The Morgan fingerprint density at radius 2 is 2.50 bits per heavy atom. The lowest BCUT2D eigenvalue weighted by atomic mass is 10.2. The summed E-state index contributed by atoms with van der Waals surface area (Å²) in [6, 6.07) is 4.28. The second-order valence-corrected chi connectivity index (χ2v) is 5.49. The number of rotatable bonds is 7. The molecule has 0 saturated heterocycles. The molecule has 6 heteroatoms. The number of nitrogens with zero attached hydrogens (tertiary/aromatic N) is 1. The second-order valence-electron chi connectivity index (χ2n) is 4.46. The van der Waals surface area contributed by atoms with Crippen LogP contribution in [-0.2, 0) is 16.1 Å². The highest BCUT2D eigenvalue weighted by Crippen LogP contribution is 2.31. The third-order valence-electron chi connectivity index (χ3n) is 3.10. The molecule has 0 radical (unpaired) electrons. The highest BCUT2D eigenvalue weighted by molar-refractivity contribution is 7.09. The summed E-state index contributed by atoms with van der Waals surface area (Å²) >= 11 is 1.71. The maximum atomic E-state index is 11.8. The van der Waals surface area contributed by atoms with Crippen LogP contribution in [0.15, 0.2) is 17.5 Å². The molecule has 3 N–H and O–H groups in total. The van der Waals surface area contributed by atoms with Crippen LogP contribution in [0.25, 0.3) is 0 Å². The van der Waals surface area contributed by atoms with Crippen molar-refractivity contribution in [2.45, 2.75) is 31.5 Å². The van der Waals surface area contributed by atoms with Crippen molar-refractivity contribution in [1.82, 2.24) is 10.3 Å². The van der Waals surface area contributed by atoms with E-state index >= 15 is 0 Å². The Kier molecular flexibility index (Phi) is 4.71. The van der Waals surface area contributed by atoms with Crippen molar-refractivity contribution < 1.29 is 9.53 Å². The molecule has 1 amide bonds. The van der Waals surface area contributed by atoms with Gasteiger partial charge in [0.1, 0.15) is 6.04 Å². The molecule has 1 atom stereocenters. The van der Waals surface area contributed by atoms with Gasteiger partial charge < -0.3 is 4.74 Å². The smallest absolute Gasteiger partial charge is 0.253 e. The SMILES string of the molecule is COCC(C(=O)NN)N(Cc1cccs1)C1CC1. The third-order valence-corrected chi connectivity index (χ3v) is 3.97. The van der Waals surface area contributed by atoms with E-state index < -0.39 is 0 Å². The van der Waals surface area contributed by atoms with E-state index in [4.69, 9.17) is 10.6 Å². The first-order valence-electron chi connectivity index (χ1n) is 6.03. The van der Waals surface area contributed by atoms with E-state index in [0.29, 0.717) is 12.6 Å². The summed E-state index contributed by atoms with van der Waals surface area (Å²) in [5.41, 5.74) is 2.24. The zero-order valence-corrected chi connectivity index (χ0v) is 11.3. The van der Waals surface area contributed by atoms with Crippen LogP contribution in [0.4, 0.5) is 0 Å². The van der Waals surface area contributed by atoms with Crippen LogP contribution >= 0.6 is 11.3 Å². The maximum absolute atomic E-state index is 11.8. The Balaban J connectivity index is 2.08. The number of carbonyl (C=O) groups excluding carboxylic acids is 1. The number of nitrogens with two attached hydrogens (primary N) is 1. The van der Waals surface area contributed by atoms with E-state index in [1.807, 2.05) is 6.07 Å². The second kappa shape index (κ2) is 6.29. The molecular weight excluding hydrogens is 250 g/mol. The quantitative estimate of drug-likeness (QED) is 0.435. The standard InChI is InChI=1S/C12H19N3O2S/c1-17-8-11(12(16)14-13)15(9-4-5-9)7-10-3-2-6-18-10/h2-3,6,9,11H,4-5,7-8,13H2,1H3,(H,14,16). The molecule has 1 unspecified atom stereocenters. The Bertz CT molecular complexity index is 379. The zero-order chi connectivity index (χ0) is 13.0. The summed E-state index contributed by atoms with van der Waals surface area (Å²) in [7, 11) is 1.60. The van der Waals surface area contributed by atoms with Crippen LogP contribution in [0.1, 0.15) is 17.7 Å². The van der Waals surface area contributed by atoms with E-state index in [-0.39, 0.29) is 11.9 Å². The lowest BCUT2D eigenvalue weighted by Crippen LogP contribution is -2.51. The Hall–Kier alpha value is -0.950. The third kappa shape index (κ3) is 3.29. The molecule has 2 rings (SSSR count). The normalized spacial score (nSPS) is 16.8. The molecule has 1 aromatic heterocycles. The predicted molar refractivity (Wildman–Crippen MR) is 70.9 cm³/mol. The van der Waals surface area contributed by atoms with Crippen LogP contribution < -0.4 is 11.3 Å². The van der Waals surface area contributed by atoms with Crippen molar-refractivity contribution in [3.63, 3.8) is 0 Å². The molecule has 1 aromatic rings. The van der Waals surface area contributed by atoms with Crippen LogP contribution in [0.5, 0.6) is 0 Å². The number of carbonyl (C=O) groups is 1. The molecule has 1 aliphatic carbocycles. The van der Waals surface area contributed by atoms with Crippen LogP contribution in [0.3, 0.4) is 0 Å². The summed E-state index contributed by atoms with van der Waals surface area (Å²) in [4.78, 5) is 15.3. The summed E-state index contributed by atoms with van der Waals surface area (Å²) in [5, 5.41) is 2.05. The van der Waals surface area contributed by atoms with E-state index in [1.54, 1.807) is 18.4 Å². The van der Waals surface area contributed by atoms with Crippen LogP contribution in [-0.4, -0.2) is 36.6 Å². The summed E-state index contributed by atoms with van der Waals surface area (Å²) in [6.45, 7) is 1.15. The first kappa shape index (κ1) is 13.5. The van der Waals surface area contributed by atoms with Crippen LogP contribution in [0.2, 0.25) is 0 Å². The number of thiophene rings is 1. The largest absolute Gasteiger partial charge is 0.383 e. The monoisotopic (exact) mass is 269 g/mol. The predicted octanol–water partition coefficient (Wildman–Crippen LogP) is 0.717. The number of ether oxygens (including phenoxy) is 1. The summed E-state index contributed by atoms with van der Waals surface area (Å²) in [6.07, 6.45) is 2.28. The van der Waals surface area contributed by atoms with Crippen molar-refractivity contribution in [3.8, 4) is 0 Å². The van der Waals surface area contributed by atoms with Gasteiger partial charge in [-0.25, -0.2) is 5.84 Å². The summed E-state index contributed by atoms with van der Waals surface area (Å²) < 4.78 is 5.15. The molecule has 0 bridgehead atoms. The molecule has 1 aliphatic rings. The molecule has 0 aromatic carbocycles. The van der Waals surface area contributed by atoms with Crippen molar-refractivity contribution in [1.29, 1.82) is 0 Å². The van der Waals surface area contributed by atoms with Gasteiger partial charge in [0.2, 0.25) is 0 Å².